The molecule has 0 radical (unpaired) electrons. The molecule has 0 spiro atoms. The molecule has 5 aromatic rings. The fourth-order valence-corrected chi connectivity index (χ4v) is 3.82. The Morgan fingerprint density at radius 1 is 0.765 bits per heavy atom. The zero-order valence-corrected chi connectivity index (χ0v) is 18.7. The van der Waals surface area contributed by atoms with Crippen molar-refractivity contribution in [1.29, 1.82) is 0 Å². The van der Waals surface area contributed by atoms with Crippen LogP contribution in [0.25, 0.3) is 21.7 Å². The number of anilines is 1. The van der Waals surface area contributed by atoms with Gasteiger partial charge in [0.2, 0.25) is 0 Å². The van der Waals surface area contributed by atoms with Crippen LogP contribution in [0.15, 0.2) is 91.1 Å². The molecular formula is C28H22N2O4. The molecule has 4 aromatic carbocycles. The Morgan fingerprint density at radius 3 is 2.29 bits per heavy atom. The topological polar surface area (TPSA) is 69.7 Å². The number of benzene rings is 4. The summed E-state index contributed by atoms with van der Waals surface area (Å²) >= 11 is 0. The summed E-state index contributed by atoms with van der Waals surface area (Å²) in [6.45, 7) is 0. The second-order valence-corrected chi connectivity index (χ2v) is 7.68. The van der Waals surface area contributed by atoms with Crippen LogP contribution >= 0.6 is 0 Å². The summed E-state index contributed by atoms with van der Waals surface area (Å²) < 4.78 is 17.0. The van der Waals surface area contributed by atoms with E-state index in [0.29, 0.717) is 28.6 Å². The number of hydrogen-bond donors (Lipinski definition) is 1. The van der Waals surface area contributed by atoms with Crippen LogP contribution < -0.4 is 19.5 Å². The first-order chi connectivity index (χ1) is 16.6. The Balaban J connectivity index is 1.42. The van der Waals surface area contributed by atoms with E-state index in [1.165, 1.54) is 0 Å². The van der Waals surface area contributed by atoms with E-state index in [1.54, 1.807) is 20.4 Å². The molecule has 0 aliphatic heterocycles. The van der Waals surface area contributed by atoms with Crippen molar-refractivity contribution < 1.29 is 19.0 Å². The van der Waals surface area contributed by atoms with Crippen LogP contribution in [0.3, 0.4) is 0 Å². The van der Waals surface area contributed by atoms with Gasteiger partial charge in [0.25, 0.3) is 5.91 Å². The molecule has 1 N–H and O–H groups in total. The number of aromatic nitrogens is 1. The van der Waals surface area contributed by atoms with Gasteiger partial charge in [-0.15, -0.1) is 0 Å². The molecule has 0 aliphatic rings. The van der Waals surface area contributed by atoms with Crippen LogP contribution in [0.5, 0.6) is 23.0 Å². The lowest BCUT2D eigenvalue weighted by Crippen LogP contribution is -2.11. The lowest BCUT2D eigenvalue weighted by molar-refractivity contribution is 0.102. The molecular weight excluding hydrogens is 428 g/mol. The summed E-state index contributed by atoms with van der Waals surface area (Å²) in [6, 6.07) is 26.3. The molecule has 5 rings (SSSR count). The molecule has 34 heavy (non-hydrogen) atoms. The first-order valence-corrected chi connectivity index (χ1v) is 10.7. The van der Waals surface area contributed by atoms with Crippen molar-refractivity contribution in [1.82, 2.24) is 4.98 Å². The number of hydrogen-bond acceptors (Lipinski definition) is 5. The quantitative estimate of drug-likeness (QED) is 0.322. The molecule has 6 nitrogen and oxygen atoms in total. The molecule has 168 valence electrons. The Kier molecular flexibility index (Phi) is 5.70. The molecule has 0 aliphatic carbocycles. The van der Waals surface area contributed by atoms with Crippen molar-refractivity contribution in [3.63, 3.8) is 0 Å². The number of pyridine rings is 1. The summed E-state index contributed by atoms with van der Waals surface area (Å²) in [7, 11) is 3.19. The van der Waals surface area contributed by atoms with E-state index in [9.17, 15) is 4.79 Å². The van der Waals surface area contributed by atoms with Gasteiger partial charge in [0.1, 0.15) is 11.5 Å². The predicted octanol–water partition coefficient (Wildman–Crippen LogP) is 6.45. The Hall–Kier alpha value is -4.58. The van der Waals surface area contributed by atoms with Crippen molar-refractivity contribution in [3.8, 4) is 23.0 Å². The van der Waals surface area contributed by atoms with E-state index in [0.717, 1.165) is 27.4 Å². The Morgan fingerprint density at radius 2 is 1.50 bits per heavy atom. The van der Waals surface area contributed by atoms with Crippen molar-refractivity contribution in [2.75, 3.05) is 19.5 Å². The van der Waals surface area contributed by atoms with Gasteiger partial charge in [0, 0.05) is 28.9 Å². The van der Waals surface area contributed by atoms with Gasteiger partial charge in [0.05, 0.1) is 19.7 Å². The fraction of sp³-hybridized carbons (Fsp3) is 0.0714. The fourth-order valence-electron chi connectivity index (χ4n) is 3.82. The molecule has 0 unspecified atom stereocenters. The number of methoxy groups -OCH3 is 2. The highest BCUT2D eigenvalue weighted by Gasteiger charge is 2.12. The molecule has 1 aromatic heterocycles. The Labute approximate surface area is 196 Å². The molecule has 1 amide bonds. The van der Waals surface area contributed by atoms with E-state index < -0.39 is 0 Å². The highest BCUT2D eigenvalue weighted by Crippen LogP contribution is 2.37. The van der Waals surface area contributed by atoms with E-state index in [2.05, 4.69) is 10.3 Å². The van der Waals surface area contributed by atoms with E-state index in [-0.39, 0.29) is 5.91 Å². The van der Waals surface area contributed by atoms with Crippen molar-refractivity contribution in [2.24, 2.45) is 0 Å². The smallest absolute Gasteiger partial charge is 0.255 e. The molecule has 0 bridgehead atoms. The lowest BCUT2D eigenvalue weighted by atomic mass is 10.1. The van der Waals surface area contributed by atoms with Crippen LogP contribution in [0.2, 0.25) is 0 Å². The first kappa shape index (κ1) is 21.3. The van der Waals surface area contributed by atoms with Crippen molar-refractivity contribution in [2.45, 2.75) is 0 Å². The monoisotopic (exact) mass is 450 g/mol. The van der Waals surface area contributed by atoms with Gasteiger partial charge in [-0.25, -0.2) is 0 Å². The number of rotatable bonds is 6. The number of amides is 1. The summed E-state index contributed by atoms with van der Waals surface area (Å²) in [6.07, 6.45) is 1.70. The Bertz CT molecular complexity index is 1500. The van der Waals surface area contributed by atoms with Crippen LogP contribution in [0, 0.1) is 0 Å². The maximum absolute atomic E-state index is 12.6. The number of nitrogens with one attached hydrogen (secondary N) is 1. The van der Waals surface area contributed by atoms with E-state index >= 15 is 0 Å². The third-order valence-electron chi connectivity index (χ3n) is 5.54. The van der Waals surface area contributed by atoms with Gasteiger partial charge in [-0.2, -0.15) is 0 Å². The highest BCUT2D eigenvalue weighted by molar-refractivity contribution is 6.06. The third kappa shape index (κ3) is 4.21. The molecule has 1 heterocycles. The van der Waals surface area contributed by atoms with Crippen LogP contribution in [-0.4, -0.2) is 25.1 Å². The third-order valence-corrected chi connectivity index (χ3v) is 5.54. The largest absolute Gasteiger partial charge is 0.493 e. The van der Waals surface area contributed by atoms with Gasteiger partial charge in [-0.1, -0.05) is 30.3 Å². The first-order valence-electron chi connectivity index (χ1n) is 10.7. The molecule has 0 atom stereocenters. The number of para-hydroxylation sites is 1. The maximum atomic E-state index is 12.6. The summed E-state index contributed by atoms with van der Waals surface area (Å²) in [5.74, 6) is 2.40. The molecule has 0 fully saturated rings. The zero-order chi connectivity index (χ0) is 23.5. The standard InChI is InChI=1S/C28H22N2O4/c1-32-26-16-23-24(17-27(26)33-2)29-13-12-25(23)34-22-11-10-18-14-20(9-8-19(18)15-22)28(31)30-21-6-4-3-5-7-21/h3-17H,1-2H3,(H,30,31). The van der Waals surface area contributed by atoms with E-state index in [4.69, 9.17) is 14.2 Å². The van der Waals surface area contributed by atoms with Gasteiger partial charge in [0.15, 0.2) is 11.5 Å². The number of ether oxygens (including phenoxy) is 3. The minimum Gasteiger partial charge on any atom is -0.493 e. The summed E-state index contributed by atoms with van der Waals surface area (Å²) in [5.41, 5.74) is 2.09. The average molecular weight is 450 g/mol. The highest BCUT2D eigenvalue weighted by atomic mass is 16.5. The summed E-state index contributed by atoms with van der Waals surface area (Å²) in [5, 5.41) is 5.63. The van der Waals surface area contributed by atoms with Gasteiger partial charge in [-0.3, -0.25) is 9.78 Å². The number of carbonyl (C=O) groups excluding carboxylic acids is 1. The number of carbonyl (C=O) groups is 1. The lowest BCUT2D eigenvalue weighted by Gasteiger charge is -2.13. The van der Waals surface area contributed by atoms with Gasteiger partial charge < -0.3 is 19.5 Å². The normalized spacial score (nSPS) is 10.8. The van der Waals surface area contributed by atoms with Crippen LogP contribution in [-0.2, 0) is 0 Å². The average Bonchev–Trinajstić information content (AvgIpc) is 2.88. The number of fused-ring (bicyclic) bond motifs is 2. The molecule has 0 saturated heterocycles. The summed E-state index contributed by atoms with van der Waals surface area (Å²) in [4.78, 5) is 17.0. The minimum atomic E-state index is -0.152. The van der Waals surface area contributed by atoms with Crippen molar-refractivity contribution >= 4 is 33.3 Å². The maximum Gasteiger partial charge on any atom is 0.255 e. The zero-order valence-electron chi connectivity index (χ0n) is 18.7. The molecule has 0 saturated carbocycles. The van der Waals surface area contributed by atoms with E-state index in [1.807, 2.05) is 84.9 Å². The SMILES string of the molecule is COc1cc2nccc(Oc3ccc4cc(C(=O)Nc5ccccc5)ccc4c3)c2cc1OC. The number of nitrogens with zero attached hydrogens (tertiary/aromatic N) is 1. The second-order valence-electron chi connectivity index (χ2n) is 7.68. The minimum absolute atomic E-state index is 0.152. The predicted molar refractivity (Wildman–Crippen MR) is 133 cm³/mol. The second kappa shape index (κ2) is 9.11. The van der Waals surface area contributed by atoms with Crippen LogP contribution in [0.1, 0.15) is 10.4 Å². The van der Waals surface area contributed by atoms with Gasteiger partial charge >= 0.3 is 0 Å². The van der Waals surface area contributed by atoms with Gasteiger partial charge in [-0.05, 0) is 59.3 Å². The van der Waals surface area contributed by atoms with Crippen LogP contribution in [0.4, 0.5) is 5.69 Å². The molecule has 6 heteroatoms. The van der Waals surface area contributed by atoms with Crippen molar-refractivity contribution in [3.05, 3.63) is 96.7 Å².